The average Bonchev–Trinajstić information content (AvgIpc) is 3.00. The van der Waals surface area contributed by atoms with Gasteiger partial charge in [-0.3, -0.25) is 4.79 Å². The Morgan fingerprint density at radius 2 is 2.18 bits per heavy atom. The molecule has 0 aromatic heterocycles. The zero-order chi connectivity index (χ0) is 16.1. The first kappa shape index (κ1) is 16.8. The maximum absolute atomic E-state index is 12.2. The van der Waals surface area contributed by atoms with Crippen molar-refractivity contribution in [2.24, 2.45) is 0 Å². The number of benzene rings is 1. The quantitative estimate of drug-likeness (QED) is 0.849. The van der Waals surface area contributed by atoms with Crippen molar-refractivity contribution in [2.75, 3.05) is 13.1 Å². The number of hydrogen-bond donors (Lipinski definition) is 2. The molecule has 1 heterocycles. The third kappa shape index (κ3) is 4.47. The summed E-state index contributed by atoms with van der Waals surface area (Å²) in [5.74, 6) is 1.19. The normalized spacial score (nSPS) is 19.2. The van der Waals surface area contributed by atoms with Crippen molar-refractivity contribution in [3.8, 4) is 5.75 Å². The molecule has 1 aromatic rings. The summed E-state index contributed by atoms with van der Waals surface area (Å²) in [5, 5.41) is 6.35. The minimum atomic E-state index is -0.484. The third-order valence-corrected chi connectivity index (χ3v) is 4.24. The molecule has 1 saturated heterocycles. The van der Waals surface area contributed by atoms with E-state index < -0.39 is 6.10 Å². The van der Waals surface area contributed by atoms with Crippen LogP contribution in [0.1, 0.15) is 50.7 Å². The highest BCUT2D eigenvalue weighted by molar-refractivity contribution is 5.80. The molecular weight excluding hydrogens is 276 g/mol. The molecule has 0 bridgehead atoms. The van der Waals surface area contributed by atoms with Crippen LogP contribution in [0, 0.1) is 6.92 Å². The highest BCUT2D eigenvalue weighted by Gasteiger charge is 2.19. The van der Waals surface area contributed by atoms with Gasteiger partial charge in [-0.1, -0.05) is 26.0 Å². The fourth-order valence-electron chi connectivity index (χ4n) is 2.65. The van der Waals surface area contributed by atoms with E-state index in [1.807, 2.05) is 13.0 Å². The van der Waals surface area contributed by atoms with Crippen molar-refractivity contribution < 1.29 is 9.53 Å². The van der Waals surface area contributed by atoms with Gasteiger partial charge in [0.25, 0.3) is 5.91 Å². The molecule has 1 aliphatic rings. The van der Waals surface area contributed by atoms with Crippen LogP contribution in [-0.2, 0) is 4.79 Å². The average molecular weight is 304 g/mol. The highest BCUT2D eigenvalue weighted by atomic mass is 16.5. The first-order chi connectivity index (χ1) is 10.5. The lowest BCUT2D eigenvalue weighted by Gasteiger charge is -2.19. The summed E-state index contributed by atoms with van der Waals surface area (Å²) in [6.45, 7) is 9.84. The molecule has 0 radical (unpaired) electrons. The molecule has 122 valence electrons. The van der Waals surface area contributed by atoms with E-state index in [-0.39, 0.29) is 5.91 Å². The molecule has 0 spiro atoms. The molecule has 1 fully saturated rings. The van der Waals surface area contributed by atoms with Crippen LogP contribution in [0.3, 0.4) is 0 Å². The lowest BCUT2D eigenvalue weighted by Crippen LogP contribution is -2.42. The maximum atomic E-state index is 12.2. The Morgan fingerprint density at radius 3 is 2.82 bits per heavy atom. The highest BCUT2D eigenvalue weighted by Crippen LogP contribution is 2.25. The lowest BCUT2D eigenvalue weighted by atomic mass is 10.0. The molecule has 1 amide bonds. The molecule has 2 atom stereocenters. The minimum absolute atomic E-state index is 0.0527. The SMILES string of the molecule is Cc1ccc(C(C)C)cc1OC(C)C(=O)NCC1CCCN1. The first-order valence-electron chi connectivity index (χ1n) is 8.25. The van der Waals surface area contributed by atoms with Gasteiger partial charge in [0.2, 0.25) is 0 Å². The second kappa shape index (κ2) is 7.63. The van der Waals surface area contributed by atoms with Crippen molar-refractivity contribution in [3.05, 3.63) is 29.3 Å². The van der Waals surface area contributed by atoms with E-state index in [4.69, 9.17) is 4.74 Å². The number of aryl methyl sites for hydroxylation is 1. The predicted molar refractivity (Wildman–Crippen MR) is 89.4 cm³/mol. The van der Waals surface area contributed by atoms with Gasteiger partial charge < -0.3 is 15.4 Å². The van der Waals surface area contributed by atoms with Crippen LogP contribution in [0.4, 0.5) is 0 Å². The third-order valence-electron chi connectivity index (χ3n) is 4.24. The largest absolute Gasteiger partial charge is 0.481 e. The summed E-state index contributed by atoms with van der Waals surface area (Å²) in [6, 6.07) is 6.62. The van der Waals surface area contributed by atoms with E-state index in [1.54, 1.807) is 6.92 Å². The molecule has 2 unspecified atom stereocenters. The van der Waals surface area contributed by atoms with E-state index >= 15 is 0 Å². The fourth-order valence-corrected chi connectivity index (χ4v) is 2.65. The van der Waals surface area contributed by atoms with E-state index in [9.17, 15) is 4.79 Å². The second-order valence-corrected chi connectivity index (χ2v) is 6.48. The summed E-state index contributed by atoms with van der Waals surface area (Å²) in [4.78, 5) is 12.2. The summed E-state index contributed by atoms with van der Waals surface area (Å²) in [7, 11) is 0. The van der Waals surface area contributed by atoms with Gasteiger partial charge in [0.1, 0.15) is 5.75 Å². The Bertz CT molecular complexity index is 508. The molecule has 22 heavy (non-hydrogen) atoms. The number of amides is 1. The van der Waals surface area contributed by atoms with Gasteiger partial charge in [-0.15, -0.1) is 0 Å². The molecule has 4 heteroatoms. The maximum Gasteiger partial charge on any atom is 0.260 e. The van der Waals surface area contributed by atoms with Gasteiger partial charge >= 0.3 is 0 Å². The Kier molecular flexibility index (Phi) is 5.83. The molecule has 0 saturated carbocycles. The Labute approximate surface area is 133 Å². The zero-order valence-corrected chi connectivity index (χ0v) is 14.1. The van der Waals surface area contributed by atoms with Gasteiger partial charge in [-0.05, 0) is 56.3 Å². The second-order valence-electron chi connectivity index (χ2n) is 6.48. The van der Waals surface area contributed by atoms with Gasteiger partial charge in [-0.2, -0.15) is 0 Å². The first-order valence-corrected chi connectivity index (χ1v) is 8.25. The van der Waals surface area contributed by atoms with E-state index in [1.165, 1.54) is 12.0 Å². The van der Waals surface area contributed by atoms with Crippen LogP contribution >= 0.6 is 0 Å². The van der Waals surface area contributed by atoms with Crippen molar-refractivity contribution in [1.82, 2.24) is 10.6 Å². The van der Waals surface area contributed by atoms with E-state index in [0.717, 1.165) is 24.3 Å². The number of rotatable bonds is 6. The smallest absolute Gasteiger partial charge is 0.260 e. The van der Waals surface area contributed by atoms with Crippen LogP contribution in [0.2, 0.25) is 0 Å². The molecule has 4 nitrogen and oxygen atoms in total. The lowest BCUT2D eigenvalue weighted by molar-refractivity contribution is -0.127. The predicted octanol–water partition coefficient (Wildman–Crippen LogP) is 2.75. The topological polar surface area (TPSA) is 50.4 Å². The van der Waals surface area contributed by atoms with Crippen LogP contribution in [0.25, 0.3) is 0 Å². The van der Waals surface area contributed by atoms with Gasteiger partial charge in [0.15, 0.2) is 6.10 Å². The number of nitrogens with one attached hydrogen (secondary N) is 2. The van der Waals surface area contributed by atoms with Crippen molar-refractivity contribution in [3.63, 3.8) is 0 Å². The van der Waals surface area contributed by atoms with Gasteiger partial charge in [0, 0.05) is 12.6 Å². The fraction of sp³-hybridized carbons (Fsp3) is 0.611. The van der Waals surface area contributed by atoms with Crippen LogP contribution in [-0.4, -0.2) is 31.1 Å². The number of carbonyl (C=O) groups is 1. The summed E-state index contributed by atoms with van der Waals surface area (Å²) < 4.78 is 5.88. The molecule has 0 aliphatic carbocycles. The number of carbonyl (C=O) groups excluding carboxylic acids is 1. The monoisotopic (exact) mass is 304 g/mol. The Balaban J connectivity index is 1.91. The van der Waals surface area contributed by atoms with Crippen molar-refractivity contribution in [1.29, 1.82) is 0 Å². The summed E-state index contributed by atoms with van der Waals surface area (Å²) in [6.07, 6.45) is 1.83. The van der Waals surface area contributed by atoms with Crippen LogP contribution < -0.4 is 15.4 Å². The van der Waals surface area contributed by atoms with Crippen LogP contribution in [0.15, 0.2) is 18.2 Å². The molecular formula is C18H28N2O2. The number of hydrogen-bond acceptors (Lipinski definition) is 3. The molecule has 2 rings (SSSR count). The Morgan fingerprint density at radius 1 is 1.41 bits per heavy atom. The Hall–Kier alpha value is -1.55. The van der Waals surface area contributed by atoms with Gasteiger partial charge in [0.05, 0.1) is 0 Å². The molecule has 1 aliphatic heterocycles. The van der Waals surface area contributed by atoms with Crippen molar-refractivity contribution in [2.45, 2.75) is 58.6 Å². The van der Waals surface area contributed by atoms with E-state index in [2.05, 4.69) is 36.6 Å². The standard InChI is InChI=1S/C18H28N2O2/c1-12(2)15-8-7-13(3)17(10-15)22-14(4)18(21)20-11-16-6-5-9-19-16/h7-8,10,12,14,16,19H,5-6,9,11H2,1-4H3,(H,20,21). The van der Waals surface area contributed by atoms with Crippen LogP contribution in [0.5, 0.6) is 5.75 Å². The van der Waals surface area contributed by atoms with E-state index in [0.29, 0.717) is 18.5 Å². The van der Waals surface area contributed by atoms with Crippen molar-refractivity contribution >= 4 is 5.91 Å². The summed E-state index contributed by atoms with van der Waals surface area (Å²) >= 11 is 0. The minimum Gasteiger partial charge on any atom is -0.481 e. The molecule has 1 aromatic carbocycles. The zero-order valence-electron chi connectivity index (χ0n) is 14.1. The van der Waals surface area contributed by atoms with Gasteiger partial charge in [-0.25, -0.2) is 0 Å². The summed E-state index contributed by atoms with van der Waals surface area (Å²) in [5.41, 5.74) is 2.28. The number of ether oxygens (including phenoxy) is 1. The molecule has 2 N–H and O–H groups in total.